The van der Waals surface area contributed by atoms with Crippen LogP contribution in [0.15, 0.2) is 48.7 Å². The van der Waals surface area contributed by atoms with Crippen LogP contribution in [0, 0.1) is 13.8 Å². The number of hydrogen-bond donors (Lipinski definition) is 2. The van der Waals surface area contributed by atoms with Gasteiger partial charge in [0.2, 0.25) is 0 Å². The summed E-state index contributed by atoms with van der Waals surface area (Å²) in [5.74, 6) is -0.198. The molecule has 1 aliphatic rings. The van der Waals surface area contributed by atoms with Gasteiger partial charge < -0.3 is 15.4 Å². The Balaban J connectivity index is 1.45. The van der Waals surface area contributed by atoms with Crippen LogP contribution in [0.25, 0.3) is 0 Å². The number of rotatable bonds is 6. The van der Waals surface area contributed by atoms with E-state index < -0.39 is 24.2 Å². The number of methoxy groups -OCH3 is 1. The molecule has 0 aliphatic carbocycles. The molecule has 2 aromatic heterocycles. The molecular formula is C27H25Cl2F3N6O2. The number of aryl methyl sites for hydroxylation is 1. The van der Waals surface area contributed by atoms with E-state index in [2.05, 4.69) is 20.8 Å². The third-order valence-electron chi connectivity index (χ3n) is 6.93. The lowest BCUT2D eigenvalue weighted by Gasteiger charge is -2.34. The minimum absolute atomic E-state index is 0.0233. The highest BCUT2D eigenvalue weighted by molar-refractivity contribution is 6.42. The van der Waals surface area contributed by atoms with Gasteiger partial charge in [-0.25, -0.2) is 4.68 Å². The maximum atomic E-state index is 14.1. The third kappa shape index (κ3) is 5.23. The summed E-state index contributed by atoms with van der Waals surface area (Å²) in [4.78, 5) is 13.4. The molecule has 3 heterocycles. The van der Waals surface area contributed by atoms with Crippen LogP contribution in [0.3, 0.4) is 0 Å². The SMILES string of the molecule is COc1ccccc1[C@H]1C[C@@H](C(F)(F)F)n2ncc(C(=O)Nc3c(C)nn(Cc4ccc(Cl)c(Cl)c4)c3C)c2N1. The van der Waals surface area contributed by atoms with Crippen molar-refractivity contribution >= 4 is 40.6 Å². The fourth-order valence-corrected chi connectivity index (χ4v) is 5.23. The summed E-state index contributed by atoms with van der Waals surface area (Å²) in [5, 5.41) is 15.2. The van der Waals surface area contributed by atoms with Crippen molar-refractivity contribution in [1.29, 1.82) is 0 Å². The largest absolute Gasteiger partial charge is 0.496 e. The van der Waals surface area contributed by atoms with Gasteiger partial charge in [-0.1, -0.05) is 47.5 Å². The van der Waals surface area contributed by atoms with Crippen LogP contribution < -0.4 is 15.4 Å². The van der Waals surface area contributed by atoms with Crippen molar-refractivity contribution in [2.24, 2.45) is 0 Å². The molecule has 0 spiro atoms. The molecule has 4 aromatic rings. The first-order valence-electron chi connectivity index (χ1n) is 12.3. The highest BCUT2D eigenvalue weighted by atomic mass is 35.5. The zero-order chi connectivity index (χ0) is 28.8. The fraction of sp³-hybridized carbons (Fsp3) is 0.296. The molecule has 13 heteroatoms. The first kappa shape index (κ1) is 27.9. The lowest BCUT2D eigenvalue weighted by atomic mass is 9.95. The molecule has 2 aromatic carbocycles. The van der Waals surface area contributed by atoms with Crippen molar-refractivity contribution in [2.75, 3.05) is 17.7 Å². The fourth-order valence-electron chi connectivity index (χ4n) is 4.91. The van der Waals surface area contributed by atoms with Crippen molar-refractivity contribution in [3.8, 4) is 5.75 Å². The Bertz CT molecular complexity index is 1580. The van der Waals surface area contributed by atoms with E-state index in [9.17, 15) is 18.0 Å². The van der Waals surface area contributed by atoms with Crippen molar-refractivity contribution in [1.82, 2.24) is 19.6 Å². The van der Waals surface area contributed by atoms with Crippen LogP contribution in [0.1, 0.15) is 51.4 Å². The molecule has 40 heavy (non-hydrogen) atoms. The van der Waals surface area contributed by atoms with Crippen LogP contribution in [-0.4, -0.2) is 38.8 Å². The number of carbonyl (C=O) groups is 1. The van der Waals surface area contributed by atoms with Crippen LogP contribution >= 0.6 is 23.2 Å². The Hall–Kier alpha value is -3.70. The summed E-state index contributed by atoms with van der Waals surface area (Å²) >= 11 is 12.1. The number of nitrogens with one attached hydrogen (secondary N) is 2. The monoisotopic (exact) mass is 592 g/mol. The van der Waals surface area contributed by atoms with Crippen LogP contribution in [-0.2, 0) is 6.54 Å². The van der Waals surface area contributed by atoms with E-state index in [4.69, 9.17) is 27.9 Å². The number of alkyl halides is 3. The first-order chi connectivity index (χ1) is 19.0. The maximum absolute atomic E-state index is 14.1. The highest BCUT2D eigenvalue weighted by Crippen LogP contribution is 2.46. The number of fused-ring (bicyclic) bond motifs is 1. The average Bonchev–Trinajstić information content (AvgIpc) is 3.46. The normalized spacial score (nSPS) is 16.8. The number of para-hydroxylation sites is 1. The quantitative estimate of drug-likeness (QED) is 0.252. The summed E-state index contributed by atoms with van der Waals surface area (Å²) in [6, 6.07) is 9.39. The number of anilines is 2. The molecule has 0 saturated heterocycles. The van der Waals surface area contributed by atoms with E-state index in [1.807, 2.05) is 6.07 Å². The highest BCUT2D eigenvalue weighted by Gasteiger charge is 2.47. The van der Waals surface area contributed by atoms with Gasteiger partial charge in [-0.05, 0) is 37.6 Å². The summed E-state index contributed by atoms with van der Waals surface area (Å²) in [7, 11) is 1.46. The van der Waals surface area contributed by atoms with Crippen LogP contribution in [0.4, 0.5) is 24.7 Å². The summed E-state index contributed by atoms with van der Waals surface area (Å²) in [6.07, 6.45) is -3.76. The molecule has 8 nitrogen and oxygen atoms in total. The molecule has 0 bridgehead atoms. The number of halogens is 5. The predicted octanol–water partition coefficient (Wildman–Crippen LogP) is 6.97. The summed E-state index contributed by atoms with van der Waals surface area (Å²) in [5.41, 5.74) is 3.03. The van der Waals surface area contributed by atoms with Gasteiger partial charge in [-0.2, -0.15) is 23.4 Å². The average molecular weight is 593 g/mol. The third-order valence-corrected chi connectivity index (χ3v) is 7.67. The van der Waals surface area contributed by atoms with Gasteiger partial charge in [0.25, 0.3) is 5.91 Å². The molecule has 0 radical (unpaired) electrons. The second-order valence-corrected chi connectivity index (χ2v) is 10.3. The number of hydrogen-bond acceptors (Lipinski definition) is 5. The molecule has 1 aliphatic heterocycles. The molecule has 210 valence electrons. The van der Waals surface area contributed by atoms with E-state index >= 15 is 0 Å². The van der Waals surface area contributed by atoms with Crippen LogP contribution in [0.5, 0.6) is 5.75 Å². The number of ether oxygens (including phenoxy) is 1. The standard InChI is InChI=1S/C27H25Cl2F3N6O2/c1-14-24(15(2)37(36-14)13-16-8-9-19(28)20(29)10-16)35-26(39)18-12-33-38-23(27(30,31)32)11-21(34-25(18)38)17-6-4-5-7-22(17)40-3/h4-10,12,21,23,34H,11,13H2,1-3H3,(H,35,39)/t21-,23+/m1/s1. The first-order valence-corrected chi connectivity index (χ1v) is 13.1. The molecule has 1 amide bonds. The van der Waals surface area contributed by atoms with Crippen molar-refractivity contribution in [3.63, 3.8) is 0 Å². The van der Waals surface area contributed by atoms with Gasteiger partial charge in [-0.3, -0.25) is 9.48 Å². The van der Waals surface area contributed by atoms with Crippen molar-refractivity contribution in [3.05, 3.63) is 86.8 Å². The molecule has 2 N–H and O–H groups in total. The zero-order valence-corrected chi connectivity index (χ0v) is 23.2. The molecule has 5 rings (SSSR count). The van der Waals surface area contributed by atoms with E-state index in [-0.39, 0.29) is 17.8 Å². The van der Waals surface area contributed by atoms with Crippen LogP contribution in [0.2, 0.25) is 10.0 Å². The topological polar surface area (TPSA) is 86.0 Å². The maximum Gasteiger partial charge on any atom is 0.410 e. The molecule has 2 atom stereocenters. The molecule has 0 saturated carbocycles. The molecular weight excluding hydrogens is 568 g/mol. The lowest BCUT2D eigenvalue weighted by molar-refractivity contribution is -0.173. The Morgan fingerprint density at radius 3 is 2.62 bits per heavy atom. The minimum Gasteiger partial charge on any atom is -0.496 e. The van der Waals surface area contributed by atoms with Gasteiger partial charge in [0.15, 0.2) is 6.04 Å². The van der Waals surface area contributed by atoms with E-state index in [0.29, 0.717) is 45.0 Å². The Labute approximate surface area is 238 Å². The Kier molecular flexibility index (Phi) is 7.45. The Morgan fingerprint density at radius 2 is 1.93 bits per heavy atom. The summed E-state index contributed by atoms with van der Waals surface area (Å²) < 4.78 is 50.3. The number of nitrogens with zero attached hydrogens (tertiary/aromatic N) is 4. The summed E-state index contributed by atoms with van der Waals surface area (Å²) in [6.45, 7) is 3.89. The number of benzene rings is 2. The van der Waals surface area contributed by atoms with E-state index in [1.54, 1.807) is 54.9 Å². The Morgan fingerprint density at radius 1 is 1.18 bits per heavy atom. The predicted molar refractivity (Wildman–Crippen MR) is 147 cm³/mol. The van der Waals surface area contributed by atoms with Gasteiger partial charge in [0.05, 0.1) is 53.0 Å². The van der Waals surface area contributed by atoms with Crippen molar-refractivity contribution < 1.29 is 22.7 Å². The second kappa shape index (κ2) is 10.7. The van der Waals surface area contributed by atoms with Gasteiger partial charge in [0.1, 0.15) is 17.1 Å². The number of carbonyl (C=O) groups excluding carboxylic acids is 1. The van der Waals surface area contributed by atoms with Gasteiger partial charge in [-0.15, -0.1) is 0 Å². The lowest BCUT2D eigenvalue weighted by Crippen LogP contribution is -2.36. The second-order valence-electron chi connectivity index (χ2n) is 9.49. The van der Waals surface area contributed by atoms with E-state index in [1.165, 1.54) is 7.11 Å². The van der Waals surface area contributed by atoms with E-state index in [0.717, 1.165) is 16.4 Å². The van der Waals surface area contributed by atoms with Gasteiger partial charge >= 0.3 is 6.18 Å². The van der Waals surface area contributed by atoms with Crippen molar-refractivity contribution in [2.45, 2.75) is 45.1 Å². The molecule has 0 fully saturated rings. The number of amides is 1. The zero-order valence-electron chi connectivity index (χ0n) is 21.7. The smallest absolute Gasteiger partial charge is 0.410 e. The molecule has 0 unspecified atom stereocenters. The van der Waals surface area contributed by atoms with Gasteiger partial charge in [0, 0.05) is 12.0 Å². The minimum atomic E-state index is -4.59. The number of aromatic nitrogens is 4.